The van der Waals surface area contributed by atoms with Crippen molar-refractivity contribution in [1.82, 2.24) is 0 Å². The molecule has 0 aromatic rings. The number of esters is 2. The lowest BCUT2D eigenvalue weighted by Crippen LogP contribution is -2.03. The van der Waals surface area contributed by atoms with Crippen LogP contribution in [0.4, 0.5) is 0 Å². The summed E-state index contributed by atoms with van der Waals surface area (Å²) in [6.07, 6.45) is 6.86. The van der Waals surface area contributed by atoms with Gasteiger partial charge in [-0.25, -0.2) is 9.59 Å². The van der Waals surface area contributed by atoms with E-state index in [4.69, 9.17) is 0 Å². The van der Waals surface area contributed by atoms with Gasteiger partial charge in [-0.1, -0.05) is 12.2 Å². The largest absolute Gasteiger partial charge is 0.387 e. The van der Waals surface area contributed by atoms with Gasteiger partial charge < -0.3 is 4.74 Å². The van der Waals surface area contributed by atoms with Crippen LogP contribution in [0.2, 0.25) is 0 Å². The molecule has 0 N–H and O–H groups in total. The Morgan fingerprint density at radius 2 is 1.75 bits per heavy atom. The van der Waals surface area contributed by atoms with E-state index in [1.54, 1.807) is 12.2 Å². The number of rotatable bonds is 2. The molecule has 1 atom stereocenters. The molecule has 0 spiro atoms. The predicted molar refractivity (Wildman–Crippen MR) is 75.8 cm³/mol. The highest BCUT2D eigenvalue weighted by Gasteiger charge is 2.29. The average Bonchev–Trinajstić information content (AvgIpc) is 2.87. The number of carbonyl (C=O) groups is 4. The first-order chi connectivity index (χ1) is 9.44. The van der Waals surface area contributed by atoms with Crippen molar-refractivity contribution in [3.05, 3.63) is 37.5 Å². The lowest BCUT2D eigenvalue weighted by atomic mass is 10.0. The fourth-order valence-electron chi connectivity index (χ4n) is 1.52. The molecule has 2 rings (SSSR count). The molecule has 1 fully saturated rings. The van der Waals surface area contributed by atoms with Crippen LogP contribution in [-0.4, -0.2) is 23.5 Å². The second-order valence-corrected chi connectivity index (χ2v) is 4.09. The zero-order chi connectivity index (χ0) is 15.5. The van der Waals surface area contributed by atoms with Gasteiger partial charge in [-0.05, 0) is 13.3 Å². The Bertz CT molecular complexity index is 435. The minimum atomic E-state index is -0.579. The van der Waals surface area contributed by atoms with E-state index in [1.807, 2.05) is 6.92 Å². The molecule has 1 aliphatic heterocycles. The summed E-state index contributed by atoms with van der Waals surface area (Å²) in [6, 6.07) is 0. The highest BCUT2D eigenvalue weighted by Crippen LogP contribution is 2.21. The molecule has 1 unspecified atom stereocenters. The van der Waals surface area contributed by atoms with Gasteiger partial charge in [0.15, 0.2) is 0 Å². The van der Waals surface area contributed by atoms with E-state index in [9.17, 15) is 19.2 Å². The molecule has 0 bridgehead atoms. The monoisotopic (exact) mass is 281 g/mol. The first kappa shape index (κ1) is 17.7. The topological polar surface area (TPSA) is 77.5 Å². The zero-order valence-electron chi connectivity index (χ0n) is 11.5. The molecule has 5 nitrogen and oxygen atoms in total. The van der Waals surface area contributed by atoms with Crippen LogP contribution in [0.1, 0.15) is 27.6 Å². The van der Waals surface area contributed by atoms with Crippen LogP contribution in [0.5, 0.6) is 0 Å². The molecule has 1 aliphatic carbocycles. The number of Topliss-reactive ketones (excluding diaryl/α,β-unsaturated/α-hetero) is 2. The fraction of sp³-hybridized carbons (Fsp3) is 0.333. The smallest absolute Gasteiger partial charge is 0.338 e. The Kier molecular flexibility index (Phi) is 8.50. The van der Waals surface area contributed by atoms with E-state index in [1.165, 1.54) is 0 Å². The maximum absolute atomic E-state index is 10.9. The summed E-state index contributed by atoms with van der Waals surface area (Å²) in [6.45, 7) is 8.77. The molecule has 0 aromatic heterocycles. The molecule has 5 heteroatoms. The van der Waals surface area contributed by atoms with E-state index in [-0.39, 0.29) is 25.3 Å². The second kappa shape index (κ2) is 9.61. The molecule has 1 heterocycles. The van der Waals surface area contributed by atoms with Gasteiger partial charge >= 0.3 is 11.9 Å². The Hall–Kier alpha value is -2.30. The summed E-state index contributed by atoms with van der Waals surface area (Å²) in [4.78, 5) is 41.4. The first-order valence-electron chi connectivity index (χ1n) is 6.10. The highest BCUT2D eigenvalue weighted by atomic mass is 16.6. The summed E-state index contributed by atoms with van der Waals surface area (Å²) in [5.74, 6) is -1.04. The molecule has 20 heavy (non-hydrogen) atoms. The standard InChI is InChI=1S/C8H10O2.C4H2O3.C3H6.H2/c1-2-3-6-4-7(9)5-8(6)10;5-3-1-2-4(6)7-3;1-3-2;/h2,6H,1,3-5H2;1-2H;3H,1H2,2H3;1H/i;;;1+1. The third-order valence-corrected chi connectivity index (χ3v) is 2.31. The van der Waals surface area contributed by atoms with E-state index in [2.05, 4.69) is 17.9 Å². The molecule has 0 amide bonds. The van der Waals surface area contributed by atoms with Crippen LogP contribution in [0.25, 0.3) is 0 Å². The minimum Gasteiger partial charge on any atom is -0.387 e. The van der Waals surface area contributed by atoms with Crippen LogP contribution in [0.3, 0.4) is 0 Å². The normalized spacial score (nSPS) is 19.6. The quantitative estimate of drug-likeness (QED) is 0.440. The van der Waals surface area contributed by atoms with Gasteiger partial charge in [-0.3, -0.25) is 9.59 Å². The van der Waals surface area contributed by atoms with Gasteiger partial charge in [-0.15, -0.1) is 13.2 Å². The molecule has 2 aliphatic rings. The third kappa shape index (κ3) is 7.20. The summed E-state index contributed by atoms with van der Waals surface area (Å²) in [5, 5.41) is 0. The average molecular weight is 281 g/mol. The Morgan fingerprint density at radius 3 is 2.00 bits per heavy atom. The van der Waals surface area contributed by atoms with E-state index >= 15 is 0 Å². The number of allylic oxidation sites excluding steroid dienone is 2. The van der Waals surface area contributed by atoms with Gasteiger partial charge in [0.2, 0.25) is 0 Å². The summed E-state index contributed by atoms with van der Waals surface area (Å²) in [7, 11) is 0. The van der Waals surface area contributed by atoms with Gasteiger partial charge in [0.1, 0.15) is 11.6 Å². The second-order valence-electron chi connectivity index (χ2n) is 4.09. The summed E-state index contributed by atoms with van der Waals surface area (Å²) < 4.78 is 3.97. The van der Waals surface area contributed by atoms with Crippen LogP contribution >= 0.6 is 0 Å². The lowest BCUT2D eigenvalue weighted by Gasteiger charge is -1.98. The van der Waals surface area contributed by atoms with Gasteiger partial charge in [0.25, 0.3) is 0 Å². The van der Waals surface area contributed by atoms with Crippen molar-refractivity contribution in [1.29, 1.82) is 0 Å². The van der Waals surface area contributed by atoms with Gasteiger partial charge in [-0.2, -0.15) is 0 Å². The molecule has 1 saturated carbocycles. The van der Waals surface area contributed by atoms with Gasteiger partial charge in [0, 0.05) is 25.9 Å². The maximum atomic E-state index is 10.9. The van der Waals surface area contributed by atoms with E-state index in [0.717, 1.165) is 12.2 Å². The Balaban J connectivity index is 0. The summed E-state index contributed by atoms with van der Waals surface area (Å²) in [5.41, 5.74) is 0. The van der Waals surface area contributed by atoms with Crippen LogP contribution in [0.15, 0.2) is 37.5 Å². The van der Waals surface area contributed by atoms with Crippen molar-refractivity contribution < 1.29 is 25.3 Å². The predicted octanol–water partition coefficient (Wildman–Crippen LogP) is 2.17. The van der Waals surface area contributed by atoms with Crippen molar-refractivity contribution in [3.8, 4) is 0 Å². The number of hydrogen-bond donors (Lipinski definition) is 0. The highest BCUT2D eigenvalue weighted by molar-refractivity contribution is 6.07. The third-order valence-electron chi connectivity index (χ3n) is 2.31. The number of hydrogen-bond acceptors (Lipinski definition) is 5. The van der Waals surface area contributed by atoms with Crippen molar-refractivity contribution >= 4 is 23.5 Å². The van der Waals surface area contributed by atoms with Crippen LogP contribution < -0.4 is 0 Å². The zero-order valence-corrected chi connectivity index (χ0v) is 11.5. The molecular formula is C15H20O5. The van der Waals surface area contributed by atoms with E-state index < -0.39 is 11.9 Å². The SMILES string of the molecule is C=CC.C=CCC1CC(=O)CC1=O.O=C1C=CC(=O)O1.[2HH]. The molecule has 0 saturated heterocycles. The van der Waals surface area contributed by atoms with Gasteiger partial charge in [0.05, 0.1) is 6.42 Å². The number of carbonyl (C=O) groups excluding carboxylic acids is 4. The maximum Gasteiger partial charge on any atom is 0.338 e. The summed E-state index contributed by atoms with van der Waals surface area (Å²) >= 11 is 0. The number of cyclic esters (lactones) is 2. The molecular weight excluding hydrogens is 260 g/mol. The van der Waals surface area contributed by atoms with E-state index in [0.29, 0.717) is 12.8 Å². The minimum absolute atomic E-state index is 0. The number of ether oxygens (including phenoxy) is 1. The molecule has 110 valence electrons. The van der Waals surface area contributed by atoms with Crippen molar-refractivity contribution in [3.63, 3.8) is 0 Å². The number of ketones is 2. The molecule has 0 radical (unpaired) electrons. The Morgan fingerprint density at radius 1 is 1.25 bits per heavy atom. The Labute approximate surface area is 119 Å². The lowest BCUT2D eigenvalue weighted by molar-refractivity contribution is -0.150. The van der Waals surface area contributed by atoms with Crippen molar-refractivity contribution in [2.24, 2.45) is 5.92 Å². The van der Waals surface area contributed by atoms with Crippen molar-refractivity contribution in [2.45, 2.75) is 26.2 Å². The van der Waals surface area contributed by atoms with Crippen LogP contribution in [0, 0.1) is 5.92 Å². The first-order valence-corrected chi connectivity index (χ1v) is 6.10. The van der Waals surface area contributed by atoms with Crippen LogP contribution in [-0.2, 0) is 23.9 Å². The van der Waals surface area contributed by atoms with Crippen molar-refractivity contribution in [2.75, 3.05) is 0 Å². The molecule has 0 aromatic carbocycles. The fourth-order valence-corrected chi connectivity index (χ4v) is 1.52.